The summed E-state index contributed by atoms with van der Waals surface area (Å²) in [5, 5.41) is 6.65. The van der Waals surface area contributed by atoms with Crippen LogP contribution in [-0.2, 0) is 16.0 Å². The molecule has 0 unspecified atom stereocenters. The van der Waals surface area contributed by atoms with Gasteiger partial charge in [0.1, 0.15) is 0 Å². The number of ether oxygens (including phenoxy) is 1. The molecule has 4 rings (SSSR count). The van der Waals surface area contributed by atoms with Gasteiger partial charge in [0.2, 0.25) is 17.8 Å². The number of rotatable bonds is 8. The fourth-order valence-electron chi connectivity index (χ4n) is 3.17. The molecule has 2 N–H and O–H groups in total. The van der Waals surface area contributed by atoms with Gasteiger partial charge in [-0.25, -0.2) is 0 Å². The molecule has 1 aromatic heterocycles. The lowest BCUT2D eigenvalue weighted by molar-refractivity contribution is -0.113. The lowest BCUT2D eigenvalue weighted by Gasteiger charge is -2.27. The highest BCUT2D eigenvalue weighted by Gasteiger charge is 2.17. The van der Waals surface area contributed by atoms with Crippen molar-refractivity contribution in [2.24, 2.45) is 0 Å². The molecule has 166 valence electrons. The quantitative estimate of drug-likeness (QED) is 0.502. The van der Waals surface area contributed by atoms with Gasteiger partial charge in [0.25, 0.3) is 0 Å². The van der Waals surface area contributed by atoms with Gasteiger partial charge in [-0.3, -0.25) is 4.79 Å². The zero-order chi connectivity index (χ0) is 22.2. The minimum Gasteiger partial charge on any atom is -0.378 e. The first kappa shape index (κ1) is 22.0. The van der Waals surface area contributed by atoms with Gasteiger partial charge in [-0.15, -0.1) is 0 Å². The second kappa shape index (κ2) is 10.9. The Labute approximate surface area is 191 Å². The highest BCUT2D eigenvalue weighted by molar-refractivity contribution is 7.99. The smallest absolute Gasteiger partial charge is 0.234 e. The number of nitrogens with zero attached hydrogens (tertiary/aromatic N) is 4. The molecule has 0 bridgehead atoms. The van der Waals surface area contributed by atoms with E-state index in [1.165, 1.54) is 17.3 Å². The first-order valence-corrected chi connectivity index (χ1v) is 11.6. The molecule has 9 heteroatoms. The largest absolute Gasteiger partial charge is 0.378 e. The fraction of sp³-hybridized carbons (Fsp3) is 0.304. The first-order valence-electron chi connectivity index (χ1n) is 10.6. The standard InChI is InChI=1S/C23H26N6O2S/c1-2-17-8-10-19(11-9-17)24-20(30)16-32-23-27-21(25-18-6-4-3-5-7-18)26-22(28-23)29-12-14-31-15-13-29/h3-11H,2,12-16H2,1H3,(H,24,30)(H,25,26,27,28). The van der Waals surface area contributed by atoms with Gasteiger partial charge in [-0.05, 0) is 36.2 Å². The molecule has 1 saturated heterocycles. The van der Waals surface area contributed by atoms with Gasteiger partial charge in [0.15, 0.2) is 5.16 Å². The third-order valence-electron chi connectivity index (χ3n) is 4.91. The van der Waals surface area contributed by atoms with Gasteiger partial charge in [-0.2, -0.15) is 15.0 Å². The van der Waals surface area contributed by atoms with E-state index in [9.17, 15) is 4.79 Å². The molecule has 2 heterocycles. The summed E-state index contributed by atoms with van der Waals surface area (Å²) < 4.78 is 5.44. The predicted octanol–water partition coefficient (Wildman–Crippen LogP) is 3.75. The van der Waals surface area contributed by atoms with Crippen molar-refractivity contribution in [3.05, 3.63) is 60.2 Å². The van der Waals surface area contributed by atoms with Crippen molar-refractivity contribution >= 4 is 40.9 Å². The predicted molar refractivity (Wildman–Crippen MR) is 128 cm³/mol. The second-order valence-electron chi connectivity index (χ2n) is 7.22. The SMILES string of the molecule is CCc1ccc(NC(=O)CSc2nc(Nc3ccccc3)nc(N3CCOCC3)n2)cc1. The van der Waals surface area contributed by atoms with E-state index >= 15 is 0 Å². The number of hydrogen-bond donors (Lipinski definition) is 2. The zero-order valence-electron chi connectivity index (χ0n) is 18.0. The highest BCUT2D eigenvalue weighted by atomic mass is 32.2. The zero-order valence-corrected chi connectivity index (χ0v) is 18.8. The highest BCUT2D eigenvalue weighted by Crippen LogP contribution is 2.22. The van der Waals surface area contributed by atoms with Crippen molar-refractivity contribution in [3.63, 3.8) is 0 Å². The normalized spacial score (nSPS) is 13.6. The number of thioether (sulfide) groups is 1. The van der Waals surface area contributed by atoms with Gasteiger partial charge in [-0.1, -0.05) is 49.0 Å². The number of para-hydroxylation sites is 1. The Morgan fingerprint density at radius 2 is 1.75 bits per heavy atom. The number of benzene rings is 2. The van der Waals surface area contributed by atoms with Crippen LogP contribution in [0.1, 0.15) is 12.5 Å². The Bertz CT molecular complexity index is 1030. The molecular weight excluding hydrogens is 424 g/mol. The molecule has 8 nitrogen and oxygen atoms in total. The topological polar surface area (TPSA) is 92.3 Å². The number of aromatic nitrogens is 3. The summed E-state index contributed by atoms with van der Waals surface area (Å²) in [5.41, 5.74) is 2.90. The van der Waals surface area contributed by atoms with Crippen LogP contribution in [0.4, 0.5) is 23.3 Å². The third-order valence-corrected chi connectivity index (χ3v) is 5.75. The van der Waals surface area contributed by atoms with Crippen LogP contribution >= 0.6 is 11.8 Å². The summed E-state index contributed by atoms with van der Waals surface area (Å²) in [6.07, 6.45) is 0.967. The van der Waals surface area contributed by atoms with Crippen LogP contribution in [0, 0.1) is 0 Å². The number of anilines is 4. The van der Waals surface area contributed by atoms with Crippen molar-refractivity contribution in [2.75, 3.05) is 47.6 Å². The fourth-order valence-corrected chi connectivity index (χ4v) is 3.80. The number of hydrogen-bond acceptors (Lipinski definition) is 8. The number of carbonyl (C=O) groups is 1. The maximum absolute atomic E-state index is 12.5. The molecule has 32 heavy (non-hydrogen) atoms. The second-order valence-corrected chi connectivity index (χ2v) is 8.16. The third kappa shape index (κ3) is 6.18. The van der Waals surface area contributed by atoms with Crippen LogP contribution in [0.15, 0.2) is 59.8 Å². The maximum Gasteiger partial charge on any atom is 0.234 e. The van der Waals surface area contributed by atoms with Crippen molar-refractivity contribution in [2.45, 2.75) is 18.5 Å². The molecule has 1 aliphatic heterocycles. The average Bonchev–Trinajstić information content (AvgIpc) is 2.84. The monoisotopic (exact) mass is 450 g/mol. The number of morpholine rings is 1. The van der Waals surface area contributed by atoms with E-state index in [4.69, 9.17) is 4.74 Å². The minimum atomic E-state index is -0.106. The molecule has 0 saturated carbocycles. The summed E-state index contributed by atoms with van der Waals surface area (Å²) in [5.74, 6) is 1.13. The van der Waals surface area contributed by atoms with E-state index in [-0.39, 0.29) is 11.7 Å². The van der Waals surface area contributed by atoms with E-state index in [0.29, 0.717) is 43.4 Å². The van der Waals surface area contributed by atoms with Crippen molar-refractivity contribution in [3.8, 4) is 0 Å². The Kier molecular flexibility index (Phi) is 7.52. The maximum atomic E-state index is 12.5. The van der Waals surface area contributed by atoms with Crippen molar-refractivity contribution in [1.29, 1.82) is 0 Å². The number of nitrogens with one attached hydrogen (secondary N) is 2. The lowest BCUT2D eigenvalue weighted by atomic mass is 10.1. The van der Waals surface area contributed by atoms with Crippen LogP contribution in [0.2, 0.25) is 0 Å². The average molecular weight is 451 g/mol. The summed E-state index contributed by atoms with van der Waals surface area (Å²) in [6, 6.07) is 17.6. The molecule has 1 aliphatic rings. The van der Waals surface area contributed by atoms with E-state index < -0.39 is 0 Å². The van der Waals surface area contributed by atoms with Crippen LogP contribution in [0.25, 0.3) is 0 Å². The molecule has 1 amide bonds. The molecule has 0 atom stereocenters. The molecule has 0 aliphatic carbocycles. The number of aryl methyl sites for hydroxylation is 1. The molecule has 0 spiro atoms. The van der Waals surface area contributed by atoms with E-state index in [0.717, 1.165) is 17.8 Å². The van der Waals surface area contributed by atoms with Crippen LogP contribution < -0.4 is 15.5 Å². The van der Waals surface area contributed by atoms with Crippen LogP contribution in [0.3, 0.4) is 0 Å². The van der Waals surface area contributed by atoms with Gasteiger partial charge in [0.05, 0.1) is 19.0 Å². The molecule has 0 radical (unpaired) electrons. The molecule has 1 fully saturated rings. The van der Waals surface area contributed by atoms with E-state index in [1.54, 1.807) is 0 Å². The Morgan fingerprint density at radius 1 is 1.00 bits per heavy atom. The molecule has 2 aromatic carbocycles. The van der Waals surface area contributed by atoms with Gasteiger partial charge < -0.3 is 20.3 Å². The summed E-state index contributed by atoms with van der Waals surface area (Å²) in [7, 11) is 0. The van der Waals surface area contributed by atoms with Crippen LogP contribution in [-0.4, -0.2) is 52.9 Å². The van der Waals surface area contributed by atoms with E-state index in [2.05, 4.69) is 37.4 Å². The summed E-state index contributed by atoms with van der Waals surface area (Å²) >= 11 is 1.29. The summed E-state index contributed by atoms with van der Waals surface area (Å²) in [4.78, 5) is 28.2. The Morgan fingerprint density at radius 3 is 2.47 bits per heavy atom. The Hall–Kier alpha value is -3.17. The van der Waals surface area contributed by atoms with E-state index in [1.807, 2.05) is 54.6 Å². The van der Waals surface area contributed by atoms with Gasteiger partial charge >= 0.3 is 0 Å². The first-order chi connectivity index (χ1) is 15.7. The van der Waals surface area contributed by atoms with Crippen molar-refractivity contribution < 1.29 is 9.53 Å². The number of amides is 1. The Balaban J connectivity index is 1.45. The minimum absolute atomic E-state index is 0.106. The van der Waals surface area contributed by atoms with Crippen molar-refractivity contribution in [1.82, 2.24) is 15.0 Å². The van der Waals surface area contributed by atoms with Crippen LogP contribution in [0.5, 0.6) is 0 Å². The van der Waals surface area contributed by atoms with Gasteiger partial charge in [0, 0.05) is 24.5 Å². The number of carbonyl (C=O) groups excluding carboxylic acids is 1. The molecular formula is C23H26N6O2S. The summed E-state index contributed by atoms with van der Waals surface area (Å²) in [6.45, 7) is 4.80. The lowest BCUT2D eigenvalue weighted by Crippen LogP contribution is -2.37. The molecule has 3 aromatic rings.